The summed E-state index contributed by atoms with van der Waals surface area (Å²) in [4.78, 5) is 1.40. The van der Waals surface area contributed by atoms with Crippen LogP contribution in [-0.2, 0) is 6.54 Å². The van der Waals surface area contributed by atoms with Gasteiger partial charge in [-0.1, -0.05) is 45.9 Å². The first kappa shape index (κ1) is 13.6. The Hall–Kier alpha value is -0.470. The molecule has 0 unspecified atom stereocenters. The van der Waals surface area contributed by atoms with Crippen LogP contribution in [0, 0.1) is 0 Å². The van der Waals surface area contributed by atoms with Crippen LogP contribution in [0.3, 0.4) is 0 Å². The molecule has 90 valence electrons. The van der Waals surface area contributed by atoms with Crippen LogP contribution in [0.25, 0.3) is 0 Å². The summed E-state index contributed by atoms with van der Waals surface area (Å²) in [5.41, 5.74) is 1.41. The molecule has 0 fully saturated rings. The van der Waals surface area contributed by atoms with Crippen molar-refractivity contribution in [1.29, 1.82) is 0 Å². The van der Waals surface area contributed by atoms with E-state index in [1.807, 2.05) is 11.8 Å². The molecule has 0 spiro atoms. The van der Waals surface area contributed by atoms with Crippen molar-refractivity contribution in [2.45, 2.75) is 50.3 Å². The van der Waals surface area contributed by atoms with E-state index in [9.17, 15) is 0 Å². The molecule has 0 heterocycles. The van der Waals surface area contributed by atoms with Gasteiger partial charge in [0.15, 0.2) is 0 Å². The summed E-state index contributed by atoms with van der Waals surface area (Å²) in [6.07, 6.45) is 1.19. The molecule has 0 saturated carbocycles. The molecule has 0 atom stereocenters. The van der Waals surface area contributed by atoms with Crippen molar-refractivity contribution < 1.29 is 0 Å². The van der Waals surface area contributed by atoms with Gasteiger partial charge in [-0.2, -0.15) is 0 Å². The molecule has 1 N–H and O–H groups in total. The molecule has 0 aromatic heterocycles. The molecule has 0 aliphatic carbocycles. The molecule has 0 bridgehead atoms. The van der Waals surface area contributed by atoms with Crippen LogP contribution in [0.15, 0.2) is 29.2 Å². The van der Waals surface area contributed by atoms with Crippen LogP contribution in [0.5, 0.6) is 0 Å². The van der Waals surface area contributed by atoms with Crippen molar-refractivity contribution in [3.63, 3.8) is 0 Å². The molecule has 0 aliphatic heterocycles. The molecule has 2 heteroatoms. The second-order valence-corrected chi connectivity index (χ2v) is 6.87. The minimum absolute atomic E-state index is 0.279. The van der Waals surface area contributed by atoms with E-state index in [0.717, 1.165) is 13.1 Å². The molecule has 1 nitrogen and oxygen atoms in total. The van der Waals surface area contributed by atoms with Crippen molar-refractivity contribution in [2.75, 3.05) is 6.54 Å². The van der Waals surface area contributed by atoms with Gasteiger partial charge in [-0.05, 0) is 24.6 Å². The van der Waals surface area contributed by atoms with Crippen molar-refractivity contribution >= 4 is 11.8 Å². The Kier molecular flexibility index (Phi) is 5.36. The molecule has 1 aromatic rings. The van der Waals surface area contributed by atoms with Gasteiger partial charge >= 0.3 is 0 Å². The third kappa shape index (κ3) is 5.04. The number of hydrogen-bond donors (Lipinski definition) is 1. The van der Waals surface area contributed by atoms with Crippen LogP contribution in [0.1, 0.15) is 39.7 Å². The van der Waals surface area contributed by atoms with E-state index in [4.69, 9.17) is 0 Å². The first-order valence-electron chi connectivity index (χ1n) is 6.00. The topological polar surface area (TPSA) is 12.0 Å². The lowest BCUT2D eigenvalue weighted by Gasteiger charge is -2.20. The average molecular weight is 237 g/mol. The van der Waals surface area contributed by atoms with Gasteiger partial charge in [0.1, 0.15) is 0 Å². The predicted octanol–water partition coefficient (Wildman–Crippen LogP) is 4.08. The van der Waals surface area contributed by atoms with Gasteiger partial charge in [0, 0.05) is 16.2 Å². The first-order chi connectivity index (χ1) is 7.53. The van der Waals surface area contributed by atoms with Crippen molar-refractivity contribution in [1.82, 2.24) is 5.32 Å². The van der Waals surface area contributed by atoms with Gasteiger partial charge < -0.3 is 5.32 Å². The lowest BCUT2D eigenvalue weighted by Crippen LogP contribution is -2.15. The Bertz CT molecular complexity index is 315. The SMILES string of the molecule is CCCNCc1ccccc1SC(C)(C)C. The fourth-order valence-corrected chi connectivity index (χ4v) is 2.56. The number of thioether (sulfide) groups is 1. The minimum atomic E-state index is 0.279. The molecule has 0 amide bonds. The molecule has 16 heavy (non-hydrogen) atoms. The summed E-state index contributed by atoms with van der Waals surface area (Å²) < 4.78 is 0.279. The normalized spacial score (nSPS) is 11.8. The molecule has 1 aromatic carbocycles. The van der Waals surface area contributed by atoms with Crippen LogP contribution in [0.4, 0.5) is 0 Å². The monoisotopic (exact) mass is 237 g/mol. The highest BCUT2D eigenvalue weighted by Gasteiger charge is 2.13. The smallest absolute Gasteiger partial charge is 0.0216 e. The lowest BCUT2D eigenvalue weighted by atomic mass is 10.2. The number of rotatable bonds is 5. The summed E-state index contributed by atoms with van der Waals surface area (Å²) >= 11 is 1.95. The Morgan fingerprint density at radius 1 is 1.19 bits per heavy atom. The van der Waals surface area contributed by atoms with Gasteiger partial charge in [0.05, 0.1) is 0 Å². The Morgan fingerprint density at radius 3 is 2.50 bits per heavy atom. The number of hydrogen-bond acceptors (Lipinski definition) is 2. The first-order valence-corrected chi connectivity index (χ1v) is 6.82. The number of nitrogens with one attached hydrogen (secondary N) is 1. The fraction of sp³-hybridized carbons (Fsp3) is 0.571. The summed E-state index contributed by atoms with van der Waals surface area (Å²) in [7, 11) is 0. The highest BCUT2D eigenvalue weighted by atomic mass is 32.2. The Labute approximate surface area is 104 Å². The van der Waals surface area contributed by atoms with Crippen LogP contribution >= 0.6 is 11.8 Å². The third-order valence-electron chi connectivity index (χ3n) is 2.13. The van der Waals surface area contributed by atoms with E-state index in [-0.39, 0.29) is 4.75 Å². The summed E-state index contributed by atoms with van der Waals surface area (Å²) in [5.74, 6) is 0. The van der Waals surface area contributed by atoms with E-state index in [1.165, 1.54) is 16.9 Å². The zero-order valence-electron chi connectivity index (χ0n) is 10.8. The highest BCUT2D eigenvalue weighted by Crippen LogP contribution is 2.33. The second-order valence-electron chi connectivity index (χ2n) is 5.00. The standard InChI is InChI=1S/C14H23NS/c1-5-10-15-11-12-8-6-7-9-13(12)16-14(2,3)4/h6-9,15H,5,10-11H2,1-4H3. The molecule has 0 radical (unpaired) electrons. The number of benzene rings is 1. The maximum Gasteiger partial charge on any atom is 0.0216 e. The lowest BCUT2D eigenvalue weighted by molar-refractivity contribution is 0.668. The summed E-state index contributed by atoms with van der Waals surface area (Å²) in [5, 5.41) is 3.46. The zero-order valence-corrected chi connectivity index (χ0v) is 11.7. The van der Waals surface area contributed by atoms with Gasteiger partial charge in [-0.15, -0.1) is 11.8 Å². The van der Waals surface area contributed by atoms with E-state index in [1.54, 1.807) is 0 Å². The maximum absolute atomic E-state index is 3.46. The molecule has 1 rings (SSSR count). The third-order valence-corrected chi connectivity index (χ3v) is 3.36. The van der Waals surface area contributed by atoms with Crippen molar-refractivity contribution in [3.8, 4) is 0 Å². The second kappa shape index (κ2) is 6.31. The largest absolute Gasteiger partial charge is 0.313 e. The van der Waals surface area contributed by atoms with E-state index in [0.29, 0.717) is 0 Å². The van der Waals surface area contributed by atoms with Gasteiger partial charge in [0.2, 0.25) is 0 Å². The van der Waals surface area contributed by atoms with E-state index >= 15 is 0 Å². The van der Waals surface area contributed by atoms with Crippen LogP contribution < -0.4 is 5.32 Å². The maximum atomic E-state index is 3.46. The van der Waals surface area contributed by atoms with E-state index < -0.39 is 0 Å². The summed E-state index contributed by atoms with van der Waals surface area (Å²) in [6.45, 7) is 11.0. The van der Waals surface area contributed by atoms with Crippen LogP contribution in [0.2, 0.25) is 0 Å². The highest BCUT2D eigenvalue weighted by molar-refractivity contribution is 8.00. The van der Waals surface area contributed by atoms with Gasteiger partial charge in [0.25, 0.3) is 0 Å². The van der Waals surface area contributed by atoms with Gasteiger partial charge in [-0.3, -0.25) is 0 Å². The summed E-state index contributed by atoms with van der Waals surface area (Å²) in [6, 6.07) is 8.68. The fourth-order valence-electron chi connectivity index (χ4n) is 1.48. The minimum Gasteiger partial charge on any atom is -0.313 e. The predicted molar refractivity (Wildman–Crippen MR) is 74.0 cm³/mol. The Morgan fingerprint density at radius 2 is 1.88 bits per heavy atom. The quantitative estimate of drug-likeness (QED) is 0.612. The van der Waals surface area contributed by atoms with Crippen LogP contribution in [-0.4, -0.2) is 11.3 Å². The van der Waals surface area contributed by atoms with Gasteiger partial charge in [-0.25, -0.2) is 0 Å². The molecular weight excluding hydrogens is 214 g/mol. The molecular formula is C14H23NS. The average Bonchev–Trinajstić information content (AvgIpc) is 2.19. The zero-order chi connectivity index (χ0) is 12.0. The Balaban J connectivity index is 2.68. The van der Waals surface area contributed by atoms with Crippen molar-refractivity contribution in [2.24, 2.45) is 0 Å². The molecule has 0 saturated heterocycles. The van der Waals surface area contributed by atoms with E-state index in [2.05, 4.69) is 57.3 Å². The molecule has 0 aliphatic rings. The van der Waals surface area contributed by atoms with Crippen molar-refractivity contribution in [3.05, 3.63) is 29.8 Å².